The quantitative estimate of drug-likeness (QED) is 0.450. The Hall–Kier alpha value is -3.57. The Kier molecular flexibility index (Phi) is 5.55. The van der Waals surface area contributed by atoms with Gasteiger partial charge in [-0.1, -0.05) is 66.2 Å². The summed E-state index contributed by atoms with van der Waals surface area (Å²) in [5.41, 5.74) is 3.67. The van der Waals surface area contributed by atoms with Crippen molar-refractivity contribution in [2.45, 2.75) is 13.0 Å². The Morgan fingerprint density at radius 1 is 0.933 bits per heavy atom. The molecule has 1 amide bonds. The average Bonchev–Trinajstić information content (AvgIpc) is 3.09. The number of aromatic nitrogens is 1. The number of carbonyl (C=O) groups is 2. The Morgan fingerprint density at radius 3 is 2.40 bits per heavy atom. The van der Waals surface area contributed by atoms with E-state index in [1.807, 2.05) is 60.8 Å². The molecule has 5 nitrogen and oxygen atoms in total. The van der Waals surface area contributed by atoms with Crippen molar-refractivity contribution in [1.82, 2.24) is 4.57 Å². The number of amides is 1. The van der Waals surface area contributed by atoms with Crippen molar-refractivity contribution in [1.29, 1.82) is 0 Å². The largest absolute Gasteiger partial charge is 0.481 e. The zero-order chi connectivity index (χ0) is 21.1. The second-order valence-corrected chi connectivity index (χ2v) is 7.42. The maximum Gasteiger partial charge on any atom is 0.307 e. The predicted octanol–water partition coefficient (Wildman–Crippen LogP) is 5.22. The lowest BCUT2D eigenvalue weighted by molar-refractivity contribution is -0.136. The van der Waals surface area contributed by atoms with E-state index in [2.05, 4.69) is 9.88 Å². The van der Waals surface area contributed by atoms with Crippen LogP contribution in [-0.2, 0) is 17.8 Å². The van der Waals surface area contributed by atoms with Crippen LogP contribution < -0.4 is 5.32 Å². The molecule has 2 N–H and O–H groups in total. The fraction of sp³-hybridized carbons (Fsp3) is 0.0833. The topological polar surface area (TPSA) is 71.3 Å². The number of nitrogens with one attached hydrogen (secondary N) is 1. The zero-order valence-electron chi connectivity index (χ0n) is 16.0. The number of hydrogen-bond donors (Lipinski definition) is 2. The molecule has 0 bridgehead atoms. The molecule has 1 aromatic heterocycles. The van der Waals surface area contributed by atoms with Gasteiger partial charge in [0.1, 0.15) is 0 Å². The van der Waals surface area contributed by atoms with Gasteiger partial charge in [-0.15, -0.1) is 0 Å². The number of carboxylic acids is 1. The maximum absolute atomic E-state index is 13.0. The summed E-state index contributed by atoms with van der Waals surface area (Å²) in [5.74, 6) is -1.21. The standard InChI is InChI=1S/C24H19ClN2O3/c25-20-12-17(13-23(28)29)10-11-21(20)26-24(30)19-15-27(14-16-6-2-1-3-7-16)22-9-5-4-8-18(19)22/h1-12,15H,13-14H2,(H,26,30)(H,28,29). The summed E-state index contributed by atoms with van der Waals surface area (Å²) in [6.45, 7) is 0.652. The highest BCUT2D eigenvalue weighted by Gasteiger charge is 2.16. The van der Waals surface area contributed by atoms with E-state index < -0.39 is 5.97 Å². The normalized spacial score (nSPS) is 10.8. The summed E-state index contributed by atoms with van der Waals surface area (Å²) < 4.78 is 2.05. The summed E-state index contributed by atoms with van der Waals surface area (Å²) in [6, 6.07) is 22.6. The van der Waals surface area contributed by atoms with E-state index >= 15 is 0 Å². The molecule has 4 rings (SSSR count). The summed E-state index contributed by atoms with van der Waals surface area (Å²) in [6.07, 6.45) is 1.72. The van der Waals surface area contributed by atoms with E-state index in [0.717, 1.165) is 16.5 Å². The molecule has 150 valence electrons. The molecule has 0 unspecified atom stereocenters. The first-order valence-corrected chi connectivity index (χ1v) is 9.82. The molecule has 0 aliphatic carbocycles. The molecule has 0 radical (unpaired) electrons. The Labute approximate surface area is 178 Å². The fourth-order valence-electron chi connectivity index (χ4n) is 3.47. The van der Waals surface area contributed by atoms with Crippen molar-refractivity contribution in [3.63, 3.8) is 0 Å². The third-order valence-electron chi connectivity index (χ3n) is 4.87. The number of aliphatic carboxylic acids is 1. The van der Waals surface area contributed by atoms with Gasteiger partial charge >= 0.3 is 5.97 Å². The van der Waals surface area contributed by atoms with E-state index in [1.165, 1.54) is 0 Å². The van der Waals surface area contributed by atoms with Crippen molar-refractivity contribution in [3.05, 3.63) is 101 Å². The summed E-state index contributed by atoms with van der Waals surface area (Å²) in [5, 5.41) is 12.9. The highest BCUT2D eigenvalue weighted by Crippen LogP contribution is 2.27. The van der Waals surface area contributed by atoms with Gasteiger partial charge in [0, 0.05) is 23.6 Å². The monoisotopic (exact) mass is 418 g/mol. The molecule has 3 aromatic carbocycles. The molecule has 0 spiro atoms. The first kappa shape index (κ1) is 19.7. The number of hydrogen-bond acceptors (Lipinski definition) is 2. The summed E-state index contributed by atoms with van der Waals surface area (Å²) in [7, 11) is 0. The highest BCUT2D eigenvalue weighted by atomic mass is 35.5. The SMILES string of the molecule is O=C(O)Cc1ccc(NC(=O)c2cn(Cc3ccccc3)c3ccccc23)c(Cl)c1. The van der Waals surface area contributed by atoms with Crippen LogP contribution in [0.4, 0.5) is 5.69 Å². The molecule has 0 fully saturated rings. The van der Waals surface area contributed by atoms with Gasteiger partial charge in [-0.05, 0) is 29.3 Å². The minimum Gasteiger partial charge on any atom is -0.481 e. The van der Waals surface area contributed by atoms with Crippen molar-refractivity contribution in [2.24, 2.45) is 0 Å². The van der Waals surface area contributed by atoms with Gasteiger partial charge in [0.05, 0.1) is 22.7 Å². The van der Waals surface area contributed by atoms with Crippen LogP contribution in [0.2, 0.25) is 5.02 Å². The third kappa shape index (κ3) is 4.21. The molecular formula is C24H19ClN2O3. The minimum atomic E-state index is -0.936. The maximum atomic E-state index is 13.0. The van der Waals surface area contributed by atoms with Gasteiger partial charge in [0.25, 0.3) is 5.91 Å². The number of rotatable bonds is 6. The van der Waals surface area contributed by atoms with Crippen LogP contribution in [0.5, 0.6) is 0 Å². The number of halogens is 1. The third-order valence-corrected chi connectivity index (χ3v) is 5.18. The smallest absolute Gasteiger partial charge is 0.307 e. The Bertz CT molecular complexity index is 1230. The first-order chi connectivity index (χ1) is 14.5. The van der Waals surface area contributed by atoms with Crippen molar-refractivity contribution >= 4 is 40.1 Å². The molecule has 30 heavy (non-hydrogen) atoms. The van der Waals surface area contributed by atoms with E-state index in [9.17, 15) is 9.59 Å². The van der Waals surface area contributed by atoms with Gasteiger partial charge < -0.3 is 15.0 Å². The second-order valence-electron chi connectivity index (χ2n) is 7.01. The second kappa shape index (κ2) is 8.43. The molecular weight excluding hydrogens is 400 g/mol. The van der Waals surface area contributed by atoms with Crippen molar-refractivity contribution < 1.29 is 14.7 Å². The molecule has 6 heteroatoms. The van der Waals surface area contributed by atoms with Crippen LogP contribution in [0.25, 0.3) is 10.9 Å². The Morgan fingerprint density at radius 2 is 1.67 bits per heavy atom. The molecule has 0 saturated heterocycles. The fourth-order valence-corrected chi connectivity index (χ4v) is 3.72. The van der Waals surface area contributed by atoms with Gasteiger partial charge in [0.15, 0.2) is 0 Å². The van der Waals surface area contributed by atoms with Gasteiger partial charge in [-0.2, -0.15) is 0 Å². The Balaban J connectivity index is 1.63. The van der Waals surface area contributed by atoms with Crippen LogP contribution in [0, 0.1) is 0 Å². The number of nitrogens with zero attached hydrogens (tertiary/aromatic N) is 1. The van der Waals surface area contributed by atoms with Gasteiger partial charge in [0.2, 0.25) is 0 Å². The summed E-state index contributed by atoms with van der Waals surface area (Å²) >= 11 is 6.26. The minimum absolute atomic E-state index is 0.124. The molecule has 0 aliphatic heterocycles. The van der Waals surface area contributed by atoms with Crippen molar-refractivity contribution in [2.75, 3.05) is 5.32 Å². The number of fused-ring (bicyclic) bond motifs is 1. The van der Waals surface area contributed by atoms with Gasteiger partial charge in [-0.3, -0.25) is 9.59 Å². The lowest BCUT2D eigenvalue weighted by atomic mass is 10.1. The highest BCUT2D eigenvalue weighted by molar-refractivity contribution is 6.34. The predicted molar refractivity (Wildman–Crippen MR) is 118 cm³/mol. The van der Waals surface area contributed by atoms with Crippen LogP contribution in [-0.4, -0.2) is 21.6 Å². The van der Waals surface area contributed by atoms with E-state index in [1.54, 1.807) is 18.2 Å². The van der Waals surface area contributed by atoms with Gasteiger partial charge in [-0.25, -0.2) is 0 Å². The first-order valence-electron chi connectivity index (χ1n) is 9.44. The van der Waals surface area contributed by atoms with E-state index in [4.69, 9.17) is 16.7 Å². The number of carbonyl (C=O) groups excluding carboxylic acids is 1. The number of benzene rings is 3. The van der Waals surface area contributed by atoms with Crippen LogP contribution >= 0.6 is 11.6 Å². The molecule has 1 heterocycles. The van der Waals surface area contributed by atoms with Crippen LogP contribution in [0.1, 0.15) is 21.5 Å². The number of carboxylic acid groups (broad SMARTS) is 1. The van der Waals surface area contributed by atoms with Crippen LogP contribution in [0.15, 0.2) is 79.0 Å². The van der Waals surface area contributed by atoms with E-state index in [-0.39, 0.29) is 12.3 Å². The summed E-state index contributed by atoms with van der Waals surface area (Å²) in [4.78, 5) is 23.9. The molecule has 0 atom stereocenters. The van der Waals surface area contributed by atoms with E-state index in [0.29, 0.717) is 28.4 Å². The number of para-hydroxylation sites is 1. The lowest BCUT2D eigenvalue weighted by Gasteiger charge is -2.08. The molecule has 0 saturated carbocycles. The number of anilines is 1. The zero-order valence-corrected chi connectivity index (χ0v) is 16.8. The molecule has 0 aliphatic rings. The molecule has 4 aromatic rings. The van der Waals surface area contributed by atoms with Crippen molar-refractivity contribution in [3.8, 4) is 0 Å². The van der Waals surface area contributed by atoms with Crippen LogP contribution in [0.3, 0.4) is 0 Å². The lowest BCUT2D eigenvalue weighted by Crippen LogP contribution is -2.12. The average molecular weight is 419 g/mol.